The molecule has 1 aromatic rings. The molecule has 0 aromatic heterocycles. The zero-order valence-corrected chi connectivity index (χ0v) is 12.4. The first kappa shape index (κ1) is 15.2. The van der Waals surface area contributed by atoms with Crippen molar-refractivity contribution in [1.82, 2.24) is 4.90 Å². The van der Waals surface area contributed by atoms with Gasteiger partial charge >= 0.3 is 0 Å². The first-order valence-corrected chi connectivity index (χ1v) is 7.69. The summed E-state index contributed by atoms with van der Waals surface area (Å²) >= 11 is 0. The summed E-state index contributed by atoms with van der Waals surface area (Å²) in [6, 6.07) is 3.61. The number of piperazine rings is 1. The van der Waals surface area contributed by atoms with E-state index in [4.69, 9.17) is 4.74 Å². The quantitative estimate of drug-likeness (QED) is 0.856. The molecule has 1 amide bonds. The monoisotopic (exact) mass is 310 g/mol. The topological polar surface area (TPSA) is 32.8 Å². The van der Waals surface area contributed by atoms with Gasteiger partial charge in [-0.2, -0.15) is 0 Å². The molecule has 0 N–H and O–H groups in total. The zero-order chi connectivity index (χ0) is 15.5. The van der Waals surface area contributed by atoms with Crippen molar-refractivity contribution >= 4 is 11.6 Å². The number of carbonyl (C=O) groups is 1. The number of hydrogen-bond acceptors (Lipinski definition) is 3. The van der Waals surface area contributed by atoms with E-state index in [1.54, 1.807) is 0 Å². The Bertz CT molecular complexity index is 539. The Balaban J connectivity index is 1.54. The number of rotatable bonds is 3. The largest absolute Gasteiger partial charge is 0.381 e. The average molecular weight is 310 g/mol. The van der Waals surface area contributed by atoms with E-state index in [9.17, 15) is 13.6 Å². The number of anilines is 1. The average Bonchev–Trinajstić information content (AvgIpc) is 3.00. The Hall–Kier alpha value is -1.69. The van der Waals surface area contributed by atoms with E-state index in [-0.39, 0.29) is 5.91 Å². The van der Waals surface area contributed by atoms with E-state index < -0.39 is 11.6 Å². The first-order chi connectivity index (χ1) is 10.6. The second-order valence-corrected chi connectivity index (χ2v) is 5.90. The fourth-order valence-corrected chi connectivity index (χ4v) is 3.05. The summed E-state index contributed by atoms with van der Waals surface area (Å²) < 4.78 is 32.0. The van der Waals surface area contributed by atoms with Gasteiger partial charge in [-0.3, -0.25) is 4.79 Å². The van der Waals surface area contributed by atoms with Gasteiger partial charge in [-0.25, -0.2) is 8.78 Å². The predicted octanol–water partition coefficient (Wildman–Crippen LogP) is 2.04. The second-order valence-electron chi connectivity index (χ2n) is 5.90. The van der Waals surface area contributed by atoms with E-state index in [0.717, 1.165) is 19.1 Å². The molecule has 2 heterocycles. The number of hydrogen-bond donors (Lipinski definition) is 0. The van der Waals surface area contributed by atoms with Crippen molar-refractivity contribution < 1.29 is 18.3 Å². The number of nitrogens with zero attached hydrogens (tertiary/aromatic N) is 2. The van der Waals surface area contributed by atoms with Crippen LogP contribution in [-0.4, -0.2) is 50.2 Å². The van der Waals surface area contributed by atoms with E-state index in [0.29, 0.717) is 50.8 Å². The lowest BCUT2D eigenvalue weighted by Crippen LogP contribution is -2.49. The van der Waals surface area contributed by atoms with Gasteiger partial charge in [0.2, 0.25) is 5.91 Å². The van der Waals surface area contributed by atoms with Gasteiger partial charge in [0.05, 0.1) is 5.69 Å². The number of halogens is 2. The zero-order valence-electron chi connectivity index (χ0n) is 12.4. The van der Waals surface area contributed by atoms with E-state index >= 15 is 0 Å². The number of carbonyl (C=O) groups excluding carboxylic acids is 1. The molecular formula is C16H20F2N2O2. The second kappa shape index (κ2) is 6.60. The van der Waals surface area contributed by atoms with Crippen molar-refractivity contribution in [1.29, 1.82) is 0 Å². The van der Waals surface area contributed by atoms with E-state index in [1.807, 2.05) is 9.80 Å². The number of amides is 1. The molecular weight excluding hydrogens is 290 g/mol. The highest BCUT2D eigenvalue weighted by atomic mass is 19.1. The normalized spacial score (nSPS) is 22.2. The van der Waals surface area contributed by atoms with Gasteiger partial charge in [-0.1, -0.05) is 0 Å². The molecule has 4 nitrogen and oxygen atoms in total. The van der Waals surface area contributed by atoms with Crippen molar-refractivity contribution in [2.45, 2.75) is 12.8 Å². The van der Waals surface area contributed by atoms with Crippen molar-refractivity contribution in [3.63, 3.8) is 0 Å². The Labute approximate surface area is 128 Å². The molecule has 6 heteroatoms. The third-order valence-corrected chi connectivity index (χ3v) is 4.37. The molecule has 22 heavy (non-hydrogen) atoms. The minimum Gasteiger partial charge on any atom is -0.381 e. The molecule has 0 unspecified atom stereocenters. The lowest BCUT2D eigenvalue weighted by atomic mass is 10.0. The summed E-state index contributed by atoms with van der Waals surface area (Å²) in [7, 11) is 0. The van der Waals surface area contributed by atoms with Gasteiger partial charge in [-0.05, 0) is 24.5 Å². The molecule has 0 aliphatic carbocycles. The van der Waals surface area contributed by atoms with Crippen molar-refractivity contribution in [2.75, 3.05) is 44.3 Å². The van der Waals surface area contributed by atoms with Crippen molar-refractivity contribution in [3.8, 4) is 0 Å². The minimum absolute atomic E-state index is 0.148. The number of ether oxygens (including phenoxy) is 1. The lowest BCUT2D eigenvalue weighted by Gasteiger charge is -2.36. The van der Waals surface area contributed by atoms with Crippen LogP contribution >= 0.6 is 0 Å². The van der Waals surface area contributed by atoms with Gasteiger partial charge in [0.25, 0.3) is 0 Å². The fourth-order valence-electron chi connectivity index (χ4n) is 3.05. The standard InChI is InChI=1S/C16H20F2N2O2/c17-13-1-2-15(14(18)10-13)19-4-6-20(7-5-19)16(21)9-12-3-8-22-11-12/h1-2,10,12H,3-9,11H2/t12-/m0/s1. The summed E-state index contributed by atoms with van der Waals surface area (Å²) in [4.78, 5) is 15.9. The third-order valence-electron chi connectivity index (χ3n) is 4.37. The third kappa shape index (κ3) is 3.38. The lowest BCUT2D eigenvalue weighted by molar-refractivity contribution is -0.132. The summed E-state index contributed by atoms with van der Waals surface area (Å²) in [6.07, 6.45) is 1.48. The van der Waals surface area contributed by atoms with Crippen LogP contribution in [0.1, 0.15) is 12.8 Å². The Morgan fingerprint density at radius 1 is 1.23 bits per heavy atom. The van der Waals surface area contributed by atoms with Crippen LogP contribution in [0.5, 0.6) is 0 Å². The Kier molecular flexibility index (Phi) is 4.57. The van der Waals surface area contributed by atoms with Crippen LogP contribution < -0.4 is 4.90 Å². The molecule has 0 saturated carbocycles. The summed E-state index contributed by atoms with van der Waals surface area (Å²) in [6.45, 7) is 3.69. The molecule has 0 radical (unpaired) electrons. The van der Waals surface area contributed by atoms with Crippen LogP contribution in [0.15, 0.2) is 18.2 Å². The molecule has 2 aliphatic rings. The van der Waals surface area contributed by atoms with Crippen LogP contribution in [0.3, 0.4) is 0 Å². The van der Waals surface area contributed by atoms with Crippen molar-refractivity contribution in [2.24, 2.45) is 5.92 Å². The summed E-state index contributed by atoms with van der Waals surface area (Å²) in [5.41, 5.74) is 0.401. The van der Waals surface area contributed by atoms with E-state index in [2.05, 4.69) is 0 Å². The SMILES string of the molecule is O=C(C[C@@H]1CCOC1)N1CCN(c2ccc(F)cc2F)CC1. The van der Waals surface area contributed by atoms with Crippen LogP contribution in [-0.2, 0) is 9.53 Å². The first-order valence-electron chi connectivity index (χ1n) is 7.69. The van der Waals surface area contributed by atoms with Gasteiger partial charge < -0.3 is 14.5 Å². The summed E-state index contributed by atoms with van der Waals surface area (Å²) in [5.74, 6) is -0.647. The van der Waals surface area contributed by atoms with Crippen LogP contribution in [0.25, 0.3) is 0 Å². The molecule has 1 aromatic carbocycles. The molecule has 0 bridgehead atoms. The summed E-state index contributed by atoms with van der Waals surface area (Å²) in [5, 5.41) is 0. The van der Waals surface area contributed by atoms with Gasteiger partial charge in [0, 0.05) is 51.9 Å². The maximum atomic E-state index is 13.8. The number of benzene rings is 1. The molecule has 0 spiro atoms. The van der Waals surface area contributed by atoms with Crippen LogP contribution in [0, 0.1) is 17.6 Å². The van der Waals surface area contributed by atoms with Crippen LogP contribution in [0.2, 0.25) is 0 Å². The highest BCUT2D eigenvalue weighted by Crippen LogP contribution is 2.23. The predicted molar refractivity (Wildman–Crippen MR) is 78.7 cm³/mol. The molecule has 1 atom stereocenters. The Morgan fingerprint density at radius 3 is 2.64 bits per heavy atom. The van der Waals surface area contributed by atoms with E-state index in [1.165, 1.54) is 12.1 Å². The highest BCUT2D eigenvalue weighted by Gasteiger charge is 2.26. The minimum atomic E-state index is -0.575. The Morgan fingerprint density at radius 2 is 2.00 bits per heavy atom. The maximum absolute atomic E-state index is 13.8. The van der Waals surface area contributed by atoms with Crippen LogP contribution in [0.4, 0.5) is 14.5 Å². The highest BCUT2D eigenvalue weighted by molar-refractivity contribution is 5.76. The molecule has 2 saturated heterocycles. The molecule has 2 fully saturated rings. The molecule has 120 valence electrons. The molecule has 2 aliphatic heterocycles. The van der Waals surface area contributed by atoms with Crippen molar-refractivity contribution in [3.05, 3.63) is 29.8 Å². The maximum Gasteiger partial charge on any atom is 0.223 e. The molecule has 3 rings (SSSR count). The van der Waals surface area contributed by atoms with Gasteiger partial charge in [-0.15, -0.1) is 0 Å². The van der Waals surface area contributed by atoms with Gasteiger partial charge in [0.1, 0.15) is 11.6 Å². The smallest absolute Gasteiger partial charge is 0.223 e. The van der Waals surface area contributed by atoms with Gasteiger partial charge in [0.15, 0.2) is 0 Å². The fraction of sp³-hybridized carbons (Fsp3) is 0.562.